The third-order valence-electron chi connectivity index (χ3n) is 3.70. The fourth-order valence-corrected chi connectivity index (χ4v) is 3.00. The van der Waals surface area contributed by atoms with Crippen LogP contribution in [0.15, 0.2) is 42.5 Å². The predicted octanol–water partition coefficient (Wildman–Crippen LogP) is 5.60. The van der Waals surface area contributed by atoms with E-state index in [9.17, 15) is 0 Å². The van der Waals surface area contributed by atoms with E-state index in [0.29, 0.717) is 0 Å². The Kier molecular flexibility index (Phi) is 6.52. The molecule has 0 spiro atoms. The highest BCUT2D eigenvalue weighted by Crippen LogP contribution is 2.27. The summed E-state index contributed by atoms with van der Waals surface area (Å²) in [6, 6.07) is 15.4. The van der Waals surface area contributed by atoms with Gasteiger partial charge in [-0.25, -0.2) is 0 Å². The predicted molar refractivity (Wildman–Crippen MR) is 100 cm³/mol. The summed E-state index contributed by atoms with van der Waals surface area (Å²) < 4.78 is 1.09. The second-order valence-electron chi connectivity index (χ2n) is 5.24. The van der Waals surface area contributed by atoms with E-state index in [-0.39, 0.29) is 6.04 Å². The van der Waals surface area contributed by atoms with Crippen molar-refractivity contribution in [2.75, 3.05) is 7.05 Å². The quantitative estimate of drug-likeness (QED) is 0.608. The summed E-state index contributed by atoms with van der Waals surface area (Å²) in [5.41, 5.74) is 3.88. The lowest BCUT2D eigenvalue weighted by Gasteiger charge is -2.18. The van der Waals surface area contributed by atoms with Gasteiger partial charge in [0.2, 0.25) is 0 Å². The second-order valence-corrected chi connectivity index (χ2v) is 6.81. The van der Waals surface area contributed by atoms with E-state index in [1.807, 2.05) is 7.05 Å². The van der Waals surface area contributed by atoms with Gasteiger partial charge in [0.05, 0.1) is 11.1 Å². The Balaban J connectivity index is 2.22. The molecule has 1 nitrogen and oxygen atoms in total. The maximum atomic E-state index is 6.25. The van der Waals surface area contributed by atoms with Crippen molar-refractivity contribution in [3.05, 3.63) is 67.7 Å². The highest BCUT2D eigenvalue weighted by molar-refractivity contribution is 14.1. The fraction of sp³-hybridized carbons (Fsp3) is 0.333. The molecule has 0 heterocycles. The van der Waals surface area contributed by atoms with Crippen LogP contribution in [0, 0.1) is 3.57 Å². The molecule has 1 N–H and O–H groups in total. The first kappa shape index (κ1) is 16.8. The summed E-state index contributed by atoms with van der Waals surface area (Å²) in [6.07, 6.45) is 3.65. The SMILES string of the molecule is CCCCc1ccc(C(NC)c2ccc(I)c(Cl)c2)cc1. The topological polar surface area (TPSA) is 12.0 Å². The molecule has 112 valence electrons. The van der Waals surface area contributed by atoms with Crippen molar-refractivity contribution in [3.63, 3.8) is 0 Å². The highest BCUT2D eigenvalue weighted by Gasteiger charge is 2.13. The number of hydrogen-bond acceptors (Lipinski definition) is 1. The molecule has 1 atom stereocenters. The summed E-state index contributed by atoms with van der Waals surface area (Å²) in [4.78, 5) is 0. The van der Waals surface area contributed by atoms with Crippen molar-refractivity contribution in [2.45, 2.75) is 32.2 Å². The van der Waals surface area contributed by atoms with Gasteiger partial charge in [-0.15, -0.1) is 0 Å². The average molecular weight is 414 g/mol. The van der Waals surface area contributed by atoms with Gasteiger partial charge in [0.15, 0.2) is 0 Å². The molecule has 21 heavy (non-hydrogen) atoms. The maximum absolute atomic E-state index is 6.25. The molecule has 0 radical (unpaired) electrons. The first-order valence-corrected chi connectivity index (χ1v) is 8.82. The summed E-state index contributed by atoms with van der Waals surface area (Å²) in [6.45, 7) is 2.23. The highest BCUT2D eigenvalue weighted by atomic mass is 127. The van der Waals surface area contributed by atoms with E-state index in [0.717, 1.165) is 15.0 Å². The largest absolute Gasteiger partial charge is 0.309 e. The molecule has 0 amide bonds. The molecule has 2 aromatic carbocycles. The van der Waals surface area contributed by atoms with Crippen LogP contribution in [0.4, 0.5) is 0 Å². The standard InChI is InChI=1S/C18H21ClIN/c1-3-4-5-13-6-8-14(9-7-13)18(21-2)15-10-11-17(20)16(19)12-15/h6-12,18,21H,3-5H2,1-2H3. The molecule has 2 aromatic rings. The van der Waals surface area contributed by atoms with Crippen molar-refractivity contribution < 1.29 is 0 Å². The van der Waals surface area contributed by atoms with Crippen molar-refractivity contribution in [1.82, 2.24) is 5.32 Å². The number of hydrogen-bond donors (Lipinski definition) is 1. The van der Waals surface area contributed by atoms with Gasteiger partial charge >= 0.3 is 0 Å². The van der Waals surface area contributed by atoms with Crippen molar-refractivity contribution in [2.24, 2.45) is 0 Å². The second kappa shape index (κ2) is 8.16. The van der Waals surface area contributed by atoms with Gasteiger partial charge in [0, 0.05) is 3.57 Å². The summed E-state index contributed by atoms with van der Waals surface area (Å²) in [5, 5.41) is 4.20. The molecule has 0 saturated carbocycles. The van der Waals surface area contributed by atoms with Crippen molar-refractivity contribution in [1.29, 1.82) is 0 Å². The third-order valence-corrected chi connectivity index (χ3v) is 5.27. The van der Waals surface area contributed by atoms with Crippen LogP contribution >= 0.6 is 34.2 Å². The average Bonchev–Trinajstić information content (AvgIpc) is 2.50. The number of rotatable bonds is 6. The zero-order valence-corrected chi connectivity index (χ0v) is 15.4. The Labute approximate surface area is 146 Å². The monoisotopic (exact) mass is 413 g/mol. The number of halogens is 2. The van der Waals surface area contributed by atoms with Crippen LogP contribution in [0.25, 0.3) is 0 Å². The van der Waals surface area contributed by atoms with Crippen molar-refractivity contribution in [3.8, 4) is 0 Å². The zero-order valence-electron chi connectivity index (χ0n) is 12.5. The van der Waals surface area contributed by atoms with Gasteiger partial charge < -0.3 is 5.32 Å². The van der Waals surface area contributed by atoms with Crippen LogP contribution < -0.4 is 5.32 Å². The van der Waals surface area contributed by atoms with Gasteiger partial charge in [-0.3, -0.25) is 0 Å². The Hall–Kier alpha value is -0.580. The van der Waals surface area contributed by atoms with Gasteiger partial charge in [-0.1, -0.05) is 55.3 Å². The molecule has 0 aliphatic carbocycles. The van der Waals surface area contributed by atoms with E-state index in [2.05, 4.69) is 77.3 Å². The normalized spacial score (nSPS) is 12.4. The minimum Gasteiger partial charge on any atom is -0.309 e. The minimum atomic E-state index is 0.180. The van der Waals surface area contributed by atoms with E-state index >= 15 is 0 Å². The molecule has 0 aliphatic heterocycles. The molecule has 0 fully saturated rings. The Morgan fingerprint density at radius 2 is 1.76 bits per heavy atom. The maximum Gasteiger partial charge on any atom is 0.0574 e. The van der Waals surface area contributed by atoms with Gasteiger partial charge in [0.25, 0.3) is 0 Å². The molecule has 0 aliphatic rings. The van der Waals surface area contributed by atoms with E-state index in [1.165, 1.54) is 29.5 Å². The fourth-order valence-electron chi connectivity index (χ4n) is 2.48. The molecule has 1 unspecified atom stereocenters. The smallest absolute Gasteiger partial charge is 0.0574 e. The van der Waals surface area contributed by atoms with Crippen LogP contribution in [-0.2, 0) is 6.42 Å². The Morgan fingerprint density at radius 3 is 2.33 bits per heavy atom. The number of unbranched alkanes of at least 4 members (excludes halogenated alkanes) is 1. The van der Waals surface area contributed by atoms with E-state index < -0.39 is 0 Å². The van der Waals surface area contributed by atoms with Crippen LogP contribution in [0.5, 0.6) is 0 Å². The molecule has 0 aromatic heterocycles. The first-order valence-electron chi connectivity index (χ1n) is 7.36. The van der Waals surface area contributed by atoms with Crippen LogP contribution in [0.2, 0.25) is 5.02 Å². The van der Waals surface area contributed by atoms with E-state index in [4.69, 9.17) is 11.6 Å². The van der Waals surface area contributed by atoms with Crippen LogP contribution in [0.3, 0.4) is 0 Å². The lowest BCUT2D eigenvalue weighted by Crippen LogP contribution is -2.17. The van der Waals surface area contributed by atoms with Crippen LogP contribution in [0.1, 0.15) is 42.5 Å². The van der Waals surface area contributed by atoms with Gasteiger partial charge in [-0.2, -0.15) is 0 Å². The molecule has 0 bridgehead atoms. The Morgan fingerprint density at radius 1 is 1.10 bits per heavy atom. The summed E-state index contributed by atoms with van der Waals surface area (Å²) >= 11 is 8.51. The molecule has 0 saturated heterocycles. The number of nitrogens with one attached hydrogen (secondary N) is 1. The minimum absolute atomic E-state index is 0.180. The van der Waals surface area contributed by atoms with Crippen molar-refractivity contribution >= 4 is 34.2 Å². The first-order chi connectivity index (χ1) is 10.2. The molecular formula is C18H21ClIN. The van der Waals surface area contributed by atoms with Crippen LogP contribution in [-0.4, -0.2) is 7.05 Å². The third kappa shape index (κ3) is 4.44. The summed E-state index contributed by atoms with van der Waals surface area (Å²) in [5.74, 6) is 0. The molecule has 2 rings (SSSR count). The van der Waals surface area contributed by atoms with E-state index in [1.54, 1.807) is 0 Å². The molecular weight excluding hydrogens is 393 g/mol. The van der Waals surface area contributed by atoms with Gasteiger partial charge in [-0.05, 0) is 71.3 Å². The number of aryl methyl sites for hydroxylation is 1. The molecule has 3 heteroatoms. The zero-order chi connectivity index (χ0) is 15.2. The Bertz CT molecular complexity index is 580. The lowest BCUT2D eigenvalue weighted by atomic mass is 9.97. The van der Waals surface area contributed by atoms with Gasteiger partial charge in [0.1, 0.15) is 0 Å². The lowest BCUT2D eigenvalue weighted by molar-refractivity contribution is 0.691. The summed E-state index contributed by atoms with van der Waals surface area (Å²) in [7, 11) is 1.99. The number of benzene rings is 2.